The van der Waals surface area contributed by atoms with Crippen molar-refractivity contribution in [3.63, 3.8) is 0 Å². The molecule has 190 valence electrons. The van der Waals surface area contributed by atoms with Crippen LogP contribution in [-0.4, -0.2) is 33.7 Å². The van der Waals surface area contributed by atoms with E-state index in [1.54, 1.807) is 37.1 Å². The van der Waals surface area contributed by atoms with Crippen molar-refractivity contribution >= 4 is 34.0 Å². The molecule has 0 aliphatic heterocycles. The van der Waals surface area contributed by atoms with Gasteiger partial charge in [-0.1, -0.05) is 11.6 Å². The predicted molar refractivity (Wildman–Crippen MR) is 134 cm³/mol. The number of anilines is 2. The lowest BCUT2D eigenvalue weighted by Gasteiger charge is -2.18. The maximum absolute atomic E-state index is 14.7. The second kappa shape index (κ2) is 9.28. The molecule has 0 atom stereocenters. The summed E-state index contributed by atoms with van der Waals surface area (Å²) in [6, 6.07) is 6.68. The van der Waals surface area contributed by atoms with Gasteiger partial charge in [0.05, 0.1) is 29.3 Å². The number of halogens is 3. The van der Waals surface area contributed by atoms with Crippen LogP contribution in [0.15, 0.2) is 52.4 Å². The number of rotatable bonds is 6. The molecule has 0 saturated heterocycles. The van der Waals surface area contributed by atoms with E-state index in [4.69, 9.17) is 11.6 Å². The van der Waals surface area contributed by atoms with Crippen molar-refractivity contribution in [2.45, 2.75) is 20.0 Å². The Kier molecular flexibility index (Phi) is 6.12. The molecule has 0 unspecified atom stereocenters. The smallest absolute Gasteiger partial charge is 0.333 e. The van der Waals surface area contributed by atoms with Crippen LogP contribution in [-0.2, 0) is 27.2 Å². The highest BCUT2D eigenvalue weighted by molar-refractivity contribution is 6.34. The molecule has 3 aromatic heterocycles. The number of benzene rings is 2. The molecule has 2 aromatic carbocycles. The van der Waals surface area contributed by atoms with Gasteiger partial charge in [0.15, 0.2) is 5.82 Å². The highest BCUT2D eigenvalue weighted by atomic mass is 35.5. The first kappa shape index (κ1) is 24.4. The van der Waals surface area contributed by atoms with Gasteiger partial charge in [0.1, 0.15) is 23.8 Å². The number of aryl methyl sites for hydroxylation is 3. The Morgan fingerprint density at radius 3 is 2.46 bits per heavy atom. The molecule has 5 rings (SSSR count). The molecule has 13 heteroatoms. The third kappa shape index (κ3) is 4.75. The van der Waals surface area contributed by atoms with Gasteiger partial charge in [-0.15, -0.1) is 0 Å². The molecule has 5 aromatic rings. The summed E-state index contributed by atoms with van der Waals surface area (Å²) >= 11 is 6.46. The Bertz CT molecular complexity index is 1790. The van der Waals surface area contributed by atoms with Gasteiger partial charge in [-0.3, -0.25) is 23.3 Å². The summed E-state index contributed by atoms with van der Waals surface area (Å²) in [4.78, 5) is 30.6. The predicted octanol–water partition coefficient (Wildman–Crippen LogP) is 3.11. The number of nitrogens with zero attached hydrogens (tertiary/aromatic N) is 7. The van der Waals surface area contributed by atoms with Gasteiger partial charge in [-0.25, -0.2) is 18.6 Å². The van der Waals surface area contributed by atoms with Crippen molar-refractivity contribution in [2.24, 2.45) is 14.1 Å². The normalized spacial score (nSPS) is 11.4. The Balaban J connectivity index is 1.64. The van der Waals surface area contributed by atoms with Crippen LogP contribution in [0.3, 0.4) is 0 Å². The molecular formula is C24H21ClF2N8O2. The zero-order valence-corrected chi connectivity index (χ0v) is 20.8. The van der Waals surface area contributed by atoms with Gasteiger partial charge < -0.3 is 5.32 Å². The Hall–Kier alpha value is -4.32. The topological polar surface area (TPSA) is 105 Å². The van der Waals surface area contributed by atoms with E-state index in [1.807, 2.05) is 0 Å². The van der Waals surface area contributed by atoms with E-state index < -0.39 is 22.9 Å². The van der Waals surface area contributed by atoms with Crippen LogP contribution in [0, 0.1) is 18.6 Å². The van der Waals surface area contributed by atoms with Gasteiger partial charge in [0.25, 0.3) is 5.56 Å². The summed E-state index contributed by atoms with van der Waals surface area (Å²) in [6.07, 6.45) is 3.24. The maximum Gasteiger partial charge on any atom is 0.333 e. The highest BCUT2D eigenvalue weighted by Gasteiger charge is 2.18. The van der Waals surface area contributed by atoms with Gasteiger partial charge in [0, 0.05) is 43.4 Å². The lowest BCUT2D eigenvalue weighted by Crippen LogP contribution is -2.41. The van der Waals surface area contributed by atoms with Crippen molar-refractivity contribution in [1.82, 2.24) is 33.7 Å². The molecule has 3 heterocycles. The number of hydrogen-bond acceptors (Lipinski definition) is 6. The molecule has 0 bridgehead atoms. The fourth-order valence-electron chi connectivity index (χ4n) is 4.03. The third-order valence-electron chi connectivity index (χ3n) is 5.85. The van der Waals surface area contributed by atoms with Crippen molar-refractivity contribution in [2.75, 3.05) is 5.32 Å². The lowest BCUT2D eigenvalue weighted by atomic mass is 10.1. The molecular weight excluding hydrogens is 506 g/mol. The molecule has 0 spiro atoms. The lowest BCUT2D eigenvalue weighted by molar-refractivity contribution is 0.550. The fourth-order valence-corrected chi connectivity index (χ4v) is 4.23. The monoisotopic (exact) mass is 526 g/mol. The van der Waals surface area contributed by atoms with Crippen LogP contribution >= 0.6 is 11.6 Å². The average Bonchev–Trinajstić information content (AvgIpc) is 3.40. The number of nitrogens with one attached hydrogen (secondary N) is 1. The molecule has 1 N–H and O–H groups in total. The van der Waals surface area contributed by atoms with Crippen molar-refractivity contribution in [1.29, 1.82) is 0 Å². The van der Waals surface area contributed by atoms with E-state index in [2.05, 4.69) is 20.5 Å². The molecule has 37 heavy (non-hydrogen) atoms. The first-order valence-corrected chi connectivity index (χ1v) is 11.5. The van der Waals surface area contributed by atoms with Crippen LogP contribution < -0.4 is 16.6 Å². The first-order chi connectivity index (χ1) is 17.6. The van der Waals surface area contributed by atoms with Gasteiger partial charge in [-0.2, -0.15) is 10.2 Å². The summed E-state index contributed by atoms with van der Waals surface area (Å²) < 4.78 is 33.8. The van der Waals surface area contributed by atoms with Crippen molar-refractivity contribution in [3.8, 4) is 0 Å². The van der Waals surface area contributed by atoms with E-state index in [9.17, 15) is 18.4 Å². The van der Waals surface area contributed by atoms with Gasteiger partial charge >= 0.3 is 5.69 Å². The van der Waals surface area contributed by atoms with Crippen LogP contribution in [0.5, 0.6) is 0 Å². The first-order valence-electron chi connectivity index (χ1n) is 11.1. The summed E-state index contributed by atoms with van der Waals surface area (Å²) in [5, 5.41) is 12.5. The van der Waals surface area contributed by atoms with Crippen LogP contribution in [0.1, 0.15) is 17.0 Å². The second-order valence-electron chi connectivity index (χ2n) is 8.67. The van der Waals surface area contributed by atoms with Gasteiger partial charge in [0.2, 0.25) is 0 Å². The molecule has 0 amide bonds. The molecule has 0 radical (unpaired) electrons. The van der Waals surface area contributed by atoms with Crippen LogP contribution in [0.2, 0.25) is 5.02 Å². The highest BCUT2D eigenvalue weighted by Crippen LogP contribution is 2.30. The van der Waals surface area contributed by atoms with Gasteiger partial charge in [-0.05, 0) is 30.7 Å². The van der Waals surface area contributed by atoms with Crippen LogP contribution in [0.4, 0.5) is 20.3 Å². The molecule has 0 aliphatic carbocycles. The molecule has 0 aliphatic rings. The standard InChI is InChI=1S/C24H21ClF2N8O2/c1-13-4-14(18(27)7-17(13)26)10-34-22(29-20-5-15-9-32(2)30-19(15)6-16(20)25)8-23(36)35(24(34)37)11-21-28-12-33(3)31-21/h4-9,12,29H,10-11H2,1-3H3. The molecule has 10 nitrogen and oxygen atoms in total. The van der Waals surface area contributed by atoms with Crippen molar-refractivity contribution < 1.29 is 8.78 Å². The third-order valence-corrected chi connectivity index (χ3v) is 6.16. The van der Waals surface area contributed by atoms with E-state index in [-0.39, 0.29) is 35.9 Å². The minimum absolute atomic E-state index is 0.0685. The summed E-state index contributed by atoms with van der Waals surface area (Å²) in [5.74, 6) is -1.19. The minimum Gasteiger partial charge on any atom is -0.340 e. The number of hydrogen-bond donors (Lipinski definition) is 1. The summed E-state index contributed by atoms with van der Waals surface area (Å²) in [6.45, 7) is 1.03. The molecule has 0 saturated carbocycles. The van der Waals surface area contributed by atoms with Crippen LogP contribution in [0.25, 0.3) is 10.9 Å². The van der Waals surface area contributed by atoms with E-state index >= 15 is 0 Å². The average molecular weight is 527 g/mol. The summed E-state index contributed by atoms with van der Waals surface area (Å²) in [5.41, 5.74) is 0.00852. The summed E-state index contributed by atoms with van der Waals surface area (Å²) in [7, 11) is 3.43. The van der Waals surface area contributed by atoms with E-state index in [0.29, 0.717) is 16.2 Å². The molecule has 0 fully saturated rings. The van der Waals surface area contributed by atoms with E-state index in [0.717, 1.165) is 16.0 Å². The zero-order valence-electron chi connectivity index (χ0n) is 20.0. The Labute approximate surface area is 213 Å². The second-order valence-corrected chi connectivity index (χ2v) is 9.08. The largest absolute Gasteiger partial charge is 0.340 e. The van der Waals surface area contributed by atoms with E-state index in [1.165, 1.54) is 34.6 Å². The quantitative estimate of drug-likeness (QED) is 0.364. The number of aromatic nitrogens is 7. The Morgan fingerprint density at radius 2 is 1.73 bits per heavy atom. The zero-order chi connectivity index (χ0) is 26.4. The minimum atomic E-state index is -0.820. The Morgan fingerprint density at radius 1 is 0.946 bits per heavy atom. The maximum atomic E-state index is 14.7. The van der Waals surface area contributed by atoms with Crippen molar-refractivity contribution in [3.05, 3.63) is 97.3 Å². The number of fused-ring (bicyclic) bond motifs is 1. The SMILES string of the molecule is Cc1cc(Cn2c(Nc3cc4cn(C)nc4cc3Cl)cc(=O)n(Cc3ncn(C)n3)c2=O)c(F)cc1F. The fraction of sp³-hybridized carbons (Fsp3) is 0.208.